The SMILES string of the molecule is CCS(=O)CCn1ccc2c1CC(C)(C)CC2N. The van der Waals surface area contributed by atoms with Crippen molar-refractivity contribution in [2.24, 2.45) is 11.1 Å². The van der Waals surface area contributed by atoms with Gasteiger partial charge in [0.1, 0.15) is 0 Å². The molecule has 0 radical (unpaired) electrons. The maximum Gasteiger partial charge on any atom is 0.0414 e. The standard InChI is InChI=1S/C14H24N2OS/c1-4-18(17)8-7-16-6-5-11-12(15)9-14(2,3)10-13(11)16/h5-6,12H,4,7-10,15H2,1-3H3. The molecule has 0 amide bonds. The first-order chi connectivity index (χ1) is 8.43. The van der Waals surface area contributed by atoms with Crippen molar-refractivity contribution in [3.05, 3.63) is 23.5 Å². The molecule has 1 heterocycles. The van der Waals surface area contributed by atoms with Crippen LogP contribution in [0.5, 0.6) is 0 Å². The average Bonchev–Trinajstić information content (AvgIpc) is 2.67. The van der Waals surface area contributed by atoms with Crippen LogP contribution in [0.25, 0.3) is 0 Å². The maximum absolute atomic E-state index is 11.5. The van der Waals surface area contributed by atoms with E-state index in [2.05, 4.69) is 30.7 Å². The second kappa shape index (κ2) is 5.17. The summed E-state index contributed by atoms with van der Waals surface area (Å²) in [5.74, 6) is 1.49. The van der Waals surface area contributed by atoms with Crippen molar-refractivity contribution in [2.75, 3.05) is 11.5 Å². The molecule has 0 saturated carbocycles. The highest BCUT2D eigenvalue weighted by molar-refractivity contribution is 7.84. The zero-order valence-corrected chi connectivity index (χ0v) is 12.4. The molecule has 0 aromatic carbocycles. The molecule has 2 rings (SSSR count). The summed E-state index contributed by atoms with van der Waals surface area (Å²) in [4.78, 5) is 0. The molecule has 4 heteroatoms. The topological polar surface area (TPSA) is 48.0 Å². The predicted molar refractivity (Wildman–Crippen MR) is 77.0 cm³/mol. The Morgan fingerprint density at radius 1 is 1.56 bits per heavy atom. The van der Waals surface area contributed by atoms with Crippen molar-refractivity contribution in [3.63, 3.8) is 0 Å². The summed E-state index contributed by atoms with van der Waals surface area (Å²) >= 11 is 0. The van der Waals surface area contributed by atoms with E-state index in [1.165, 1.54) is 11.3 Å². The first-order valence-electron chi connectivity index (χ1n) is 6.71. The molecule has 1 aliphatic carbocycles. The fraction of sp³-hybridized carbons (Fsp3) is 0.714. The van der Waals surface area contributed by atoms with Gasteiger partial charge in [0, 0.05) is 46.8 Å². The van der Waals surface area contributed by atoms with Gasteiger partial charge in [-0.05, 0) is 29.9 Å². The quantitative estimate of drug-likeness (QED) is 0.910. The van der Waals surface area contributed by atoms with Gasteiger partial charge in [0.2, 0.25) is 0 Å². The zero-order valence-electron chi connectivity index (χ0n) is 11.6. The van der Waals surface area contributed by atoms with Crippen molar-refractivity contribution >= 4 is 10.8 Å². The Labute approximate surface area is 112 Å². The van der Waals surface area contributed by atoms with Gasteiger partial charge in [-0.3, -0.25) is 4.21 Å². The number of nitrogens with zero attached hydrogens (tertiary/aromatic N) is 1. The number of nitrogens with two attached hydrogens (primary N) is 1. The van der Waals surface area contributed by atoms with E-state index < -0.39 is 10.8 Å². The molecule has 3 nitrogen and oxygen atoms in total. The third-order valence-corrected chi connectivity index (χ3v) is 5.10. The average molecular weight is 268 g/mol. The van der Waals surface area contributed by atoms with Crippen LogP contribution < -0.4 is 5.73 Å². The van der Waals surface area contributed by atoms with Crippen LogP contribution in [0.15, 0.2) is 12.3 Å². The lowest BCUT2D eigenvalue weighted by Gasteiger charge is -2.34. The molecule has 0 bridgehead atoms. The lowest BCUT2D eigenvalue weighted by Crippen LogP contribution is -2.30. The minimum absolute atomic E-state index is 0.154. The number of rotatable bonds is 4. The smallest absolute Gasteiger partial charge is 0.0414 e. The summed E-state index contributed by atoms with van der Waals surface area (Å²) in [6, 6.07) is 2.30. The fourth-order valence-electron chi connectivity index (χ4n) is 2.85. The number of hydrogen-bond donors (Lipinski definition) is 1. The molecule has 1 aromatic heterocycles. The largest absolute Gasteiger partial charge is 0.350 e. The number of hydrogen-bond acceptors (Lipinski definition) is 2. The van der Waals surface area contributed by atoms with Gasteiger partial charge in [0.15, 0.2) is 0 Å². The van der Waals surface area contributed by atoms with Gasteiger partial charge in [-0.15, -0.1) is 0 Å². The van der Waals surface area contributed by atoms with Crippen LogP contribution in [-0.2, 0) is 23.8 Å². The van der Waals surface area contributed by atoms with Crippen LogP contribution in [0.1, 0.15) is 44.5 Å². The molecule has 0 fully saturated rings. The van der Waals surface area contributed by atoms with E-state index in [4.69, 9.17) is 5.73 Å². The van der Waals surface area contributed by atoms with E-state index in [1.807, 2.05) is 6.92 Å². The highest BCUT2D eigenvalue weighted by atomic mass is 32.2. The van der Waals surface area contributed by atoms with Crippen LogP contribution in [-0.4, -0.2) is 20.3 Å². The molecule has 1 aliphatic rings. The lowest BCUT2D eigenvalue weighted by atomic mass is 9.74. The van der Waals surface area contributed by atoms with E-state index in [0.717, 1.165) is 30.9 Å². The van der Waals surface area contributed by atoms with Gasteiger partial charge < -0.3 is 10.3 Å². The molecule has 2 unspecified atom stereocenters. The van der Waals surface area contributed by atoms with Crippen molar-refractivity contribution in [2.45, 2.75) is 46.2 Å². The van der Waals surface area contributed by atoms with Gasteiger partial charge >= 0.3 is 0 Å². The highest BCUT2D eigenvalue weighted by Crippen LogP contribution is 2.39. The van der Waals surface area contributed by atoms with E-state index in [-0.39, 0.29) is 11.5 Å². The molecule has 0 aliphatic heterocycles. The summed E-state index contributed by atoms with van der Waals surface area (Å²) in [6.07, 6.45) is 4.23. The zero-order chi connectivity index (χ0) is 13.3. The Balaban J connectivity index is 2.17. The van der Waals surface area contributed by atoms with Crippen molar-refractivity contribution in [3.8, 4) is 0 Å². The molecule has 102 valence electrons. The van der Waals surface area contributed by atoms with Crippen molar-refractivity contribution in [1.82, 2.24) is 4.57 Å². The van der Waals surface area contributed by atoms with E-state index >= 15 is 0 Å². The van der Waals surface area contributed by atoms with Gasteiger partial charge in [-0.2, -0.15) is 0 Å². The molecular formula is C14H24N2OS. The van der Waals surface area contributed by atoms with Crippen LogP contribution in [0.4, 0.5) is 0 Å². The molecule has 0 spiro atoms. The number of aryl methyl sites for hydroxylation is 1. The Kier molecular flexibility index (Phi) is 3.97. The summed E-state index contributed by atoms with van der Waals surface area (Å²) < 4.78 is 13.8. The van der Waals surface area contributed by atoms with E-state index in [0.29, 0.717) is 0 Å². The fourth-order valence-corrected chi connectivity index (χ4v) is 3.54. The second-order valence-electron chi connectivity index (χ2n) is 6.00. The maximum atomic E-state index is 11.5. The predicted octanol–water partition coefficient (Wildman–Crippen LogP) is 2.23. The third kappa shape index (κ3) is 2.86. The Hall–Kier alpha value is -0.610. The molecule has 2 N–H and O–H groups in total. The molecule has 1 aromatic rings. The van der Waals surface area contributed by atoms with Crippen LogP contribution >= 0.6 is 0 Å². The third-order valence-electron chi connectivity index (χ3n) is 3.81. The van der Waals surface area contributed by atoms with Crippen LogP contribution in [0.2, 0.25) is 0 Å². The molecule has 18 heavy (non-hydrogen) atoms. The van der Waals surface area contributed by atoms with Gasteiger partial charge in [0.25, 0.3) is 0 Å². The monoisotopic (exact) mass is 268 g/mol. The van der Waals surface area contributed by atoms with Crippen LogP contribution in [0.3, 0.4) is 0 Å². The summed E-state index contributed by atoms with van der Waals surface area (Å²) in [5.41, 5.74) is 9.16. The molecular weight excluding hydrogens is 244 g/mol. The summed E-state index contributed by atoms with van der Waals surface area (Å²) in [5, 5.41) is 0. The van der Waals surface area contributed by atoms with Crippen LogP contribution in [0, 0.1) is 5.41 Å². The minimum atomic E-state index is -0.692. The Morgan fingerprint density at radius 2 is 2.28 bits per heavy atom. The normalized spacial score (nSPS) is 23.7. The number of fused-ring (bicyclic) bond motifs is 1. The summed E-state index contributed by atoms with van der Waals surface area (Å²) in [6.45, 7) is 7.37. The highest BCUT2D eigenvalue weighted by Gasteiger charge is 2.32. The van der Waals surface area contributed by atoms with E-state index in [9.17, 15) is 4.21 Å². The van der Waals surface area contributed by atoms with Crippen molar-refractivity contribution in [1.29, 1.82) is 0 Å². The molecule has 0 saturated heterocycles. The first-order valence-corrected chi connectivity index (χ1v) is 8.20. The lowest BCUT2D eigenvalue weighted by molar-refractivity contribution is 0.275. The minimum Gasteiger partial charge on any atom is -0.350 e. The van der Waals surface area contributed by atoms with Crippen molar-refractivity contribution < 1.29 is 4.21 Å². The Bertz CT molecular complexity index is 451. The van der Waals surface area contributed by atoms with Gasteiger partial charge in [0.05, 0.1) is 0 Å². The first kappa shape index (κ1) is 13.8. The van der Waals surface area contributed by atoms with Gasteiger partial charge in [-0.1, -0.05) is 20.8 Å². The van der Waals surface area contributed by atoms with E-state index in [1.54, 1.807) is 0 Å². The Morgan fingerprint density at radius 3 is 2.94 bits per heavy atom. The van der Waals surface area contributed by atoms with Gasteiger partial charge in [-0.25, -0.2) is 0 Å². The second-order valence-corrected chi connectivity index (χ2v) is 7.86. The molecule has 2 atom stereocenters. The summed E-state index contributed by atoms with van der Waals surface area (Å²) in [7, 11) is -0.692. The number of aromatic nitrogens is 1.